The zero-order valence-corrected chi connectivity index (χ0v) is 12.0. The molecule has 0 radical (unpaired) electrons. The van der Waals surface area contributed by atoms with Crippen LogP contribution in [0.25, 0.3) is 0 Å². The standard InChI is InChI=1S/C12H12F12/c1-3-4(2)6(10(16,17)18)8(12(22,23)24)7(11(19,20)21)5(3)9(13,14)15/h3-8H,1-2H3. The van der Waals surface area contributed by atoms with Crippen LogP contribution in [-0.2, 0) is 0 Å². The van der Waals surface area contributed by atoms with Crippen LogP contribution >= 0.6 is 0 Å². The molecule has 0 amide bonds. The Hall–Kier alpha value is -0.840. The summed E-state index contributed by atoms with van der Waals surface area (Å²) < 4.78 is 156. The minimum Gasteiger partial charge on any atom is -0.171 e. The van der Waals surface area contributed by atoms with Crippen LogP contribution in [-0.4, -0.2) is 24.7 Å². The minimum absolute atomic E-state index is 0.465. The third-order valence-corrected chi connectivity index (χ3v) is 4.63. The molecule has 0 N–H and O–H groups in total. The predicted molar refractivity (Wildman–Crippen MR) is 56.5 cm³/mol. The van der Waals surface area contributed by atoms with E-state index in [4.69, 9.17) is 0 Å². The van der Waals surface area contributed by atoms with E-state index in [0.29, 0.717) is 13.8 Å². The van der Waals surface area contributed by atoms with Gasteiger partial charge in [-0.3, -0.25) is 0 Å². The van der Waals surface area contributed by atoms with Crippen molar-refractivity contribution in [3.63, 3.8) is 0 Å². The Morgan fingerprint density at radius 2 is 0.542 bits per heavy atom. The van der Waals surface area contributed by atoms with Gasteiger partial charge in [0.15, 0.2) is 0 Å². The van der Waals surface area contributed by atoms with Gasteiger partial charge in [0.25, 0.3) is 0 Å². The van der Waals surface area contributed by atoms with Crippen LogP contribution in [0.2, 0.25) is 0 Å². The summed E-state index contributed by atoms with van der Waals surface area (Å²) in [6, 6.07) is 0. The Labute approximate surface area is 128 Å². The first kappa shape index (κ1) is 21.2. The first-order valence-electron chi connectivity index (χ1n) is 6.58. The van der Waals surface area contributed by atoms with Crippen molar-refractivity contribution in [3.8, 4) is 0 Å². The van der Waals surface area contributed by atoms with Gasteiger partial charge >= 0.3 is 24.7 Å². The molecule has 0 bridgehead atoms. The van der Waals surface area contributed by atoms with Crippen molar-refractivity contribution in [3.05, 3.63) is 0 Å². The van der Waals surface area contributed by atoms with Crippen molar-refractivity contribution in [2.45, 2.75) is 38.6 Å². The van der Waals surface area contributed by atoms with Crippen LogP contribution in [0.5, 0.6) is 0 Å². The number of hydrogen-bond donors (Lipinski definition) is 0. The highest BCUT2D eigenvalue weighted by atomic mass is 19.4. The molecular weight excluding hydrogens is 372 g/mol. The molecule has 0 saturated heterocycles. The summed E-state index contributed by atoms with van der Waals surface area (Å²) in [6.45, 7) is 0.930. The quantitative estimate of drug-likeness (QED) is 0.451. The maximum Gasteiger partial charge on any atom is 0.393 e. The predicted octanol–water partition coefficient (Wildman–Crippen LogP) is 5.99. The molecule has 1 fully saturated rings. The van der Waals surface area contributed by atoms with Gasteiger partial charge in [-0.05, 0) is 11.8 Å². The molecular formula is C12H12F12. The molecule has 0 aromatic carbocycles. The van der Waals surface area contributed by atoms with E-state index >= 15 is 0 Å². The molecule has 0 aliphatic heterocycles. The second-order valence-corrected chi connectivity index (χ2v) is 5.99. The lowest BCUT2D eigenvalue weighted by molar-refractivity contribution is -0.364. The summed E-state index contributed by atoms with van der Waals surface area (Å²) in [5.41, 5.74) is 0. The van der Waals surface area contributed by atoms with E-state index in [2.05, 4.69) is 0 Å². The van der Waals surface area contributed by atoms with Crippen LogP contribution in [0.4, 0.5) is 52.7 Å². The van der Waals surface area contributed by atoms with Gasteiger partial charge < -0.3 is 0 Å². The molecule has 0 nitrogen and oxygen atoms in total. The molecule has 6 unspecified atom stereocenters. The van der Waals surface area contributed by atoms with Crippen molar-refractivity contribution in [1.29, 1.82) is 0 Å². The van der Waals surface area contributed by atoms with Gasteiger partial charge in [-0.15, -0.1) is 0 Å². The highest BCUT2D eigenvalue weighted by Gasteiger charge is 2.73. The minimum atomic E-state index is -6.10. The Bertz CT molecular complexity index is 397. The van der Waals surface area contributed by atoms with E-state index in [9.17, 15) is 52.7 Å². The Kier molecular flexibility index (Phi) is 5.17. The molecule has 1 saturated carbocycles. The topological polar surface area (TPSA) is 0 Å². The van der Waals surface area contributed by atoms with E-state index in [1.165, 1.54) is 0 Å². The molecule has 144 valence electrons. The van der Waals surface area contributed by atoms with Gasteiger partial charge in [0.2, 0.25) is 0 Å². The van der Waals surface area contributed by atoms with E-state index in [-0.39, 0.29) is 0 Å². The van der Waals surface area contributed by atoms with Crippen molar-refractivity contribution < 1.29 is 52.7 Å². The number of hydrogen-bond acceptors (Lipinski definition) is 0. The van der Waals surface area contributed by atoms with Crippen molar-refractivity contribution >= 4 is 0 Å². The normalized spacial score (nSPS) is 36.8. The summed E-state index contributed by atoms with van der Waals surface area (Å²) in [4.78, 5) is 0. The van der Waals surface area contributed by atoms with Gasteiger partial charge in [0.05, 0.1) is 23.7 Å². The third-order valence-electron chi connectivity index (χ3n) is 4.63. The van der Waals surface area contributed by atoms with Gasteiger partial charge in [-0.1, -0.05) is 13.8 Å². The summed E-state index contributed by atoms with van der Waals surface area (Å²) in [6.07, 6.45) is -23.7. The molecule has 1 rings (SSSR count). The zero-order chi connectivity index (χ0) is 19.5. The van der Waals surface area contributed by atoms with Crippen LogP contribution in [0.15, 0.2) is 0 Å². The maximum atomic E-state index is 13.0. The summed E-state index contributed by atoms with van der Waals surface area (Å²) in [5.74, 6) is -20.1. The molecule has 0 aromatic rings. The van der Waals surface area contributed by atoms with E-state index < -0.39 is 60.2 Å². The highest BCUT2D eigenvalue weighted by Crippen LogP contribution is 2.63. The smallest absolute Gasteiger partial charge is 0.171 e. The van der Waals surface area contributed by atoms with Gasteiger partial charge in [0.1, 0.15) is 0 Å². The lowest BCUT2D eigenvalue weighted by Crippen LogP contribution is -2.61. The average Bonchev–Trinajstić information content (AvgIpc) is 2.25. The van der Waals surface area contributed by atoms with Gasteiger partial charge in [-0.2, -0.15) is 52.7 Å². The van der Waals surface area contributed by atoms with Crippen molar-refractivity contribution in [2.24, 2.45) is 35.5 Å². The Balaban J connectivity index is 3.68. The van der Waals surface area contributed by atoms with Gasteiger partial charge in [0, 0.05) is 0 Å². The number of halogens is 12. The molecule has 24 heavy (non-hydrogen) atoms. The fourth-order valence-corrected chi connectivity index (χ4v) is 3.57. The lowest BCUT2D eigenvalue weighted by atomic mass is 9.56. The Morgan fingerprint density at radius 3 is 0.667 bits per heavy atom. The molecule has 1 aliphatic rings. The maximum absolute atomic E-state index is 13.0. The lowest BCUT2D eigenvalue weighted by Gasteiger charge is -2.51. The molecule has 1 aliphatic carbocycles. The van der Waals surface area contributed by atoms with E-state index in [1.54, 1.807) is 0 Å². The SMILES string of the molecule is CC1C(C)C(C(F)(F)F)C(C(F)(F)F)C(C(F)(F)F)C1C(F)(F)F. The second-order valence-electron chi connectivity index (χ2n) is 5.99. The van der Waals surface area contributed by atoms with Crippen LogP contribution in [0, 0.1) is 35.5 Å². The average molecular weight is 384 g/mol. The van der Waals surface area contributed by atoms with Crippen LogP contribution in [0.1, 0.15) is 13.8 Å². The second kappa shape index (κ2) is 5.86. The molecule has 0 aromatic heterocycles. The first-order valence-corrected chi connectivity index (χ1v) is 6.58. The third kappa shape index (κ3) is 3.87. The molecule has 6 atom stereocenters. The van der Waals surface area contributed by atoms with Crippen molar-refractivity contribution in [1.82, 2.24) is 0 Å². The van der Waals surface area contributed by atoms with Crippen molar-refractivity contribution in [2.75, 3.05) is 0 Å². The largest absolute Gasteiger partial charge is 0.393 e. The summed E-state index contributed by atoms with van der Waals surface area (Å²) >= 11 is 0. The monoisotopic (exact) mass is 384 g/mol. The number of rotatable bonds is 0. The molecule has 0 heterocycles. The van der Waals surface area contributed by atoms with Crippen LogP contribution in [0.3, 0.4) is 0 Å². The van der Waals surface area contributed by atoms with Crippen LogP contribution < -0.4 is 0 Å². The number of alkyl halides is 12. The first-order chi connectivity index (χ1) is 10.3. The summed E-state index contributed by atoms with van der Waals surface area (Å²) in [5, 5.41) is 0. The molecule has 12 heteroatoms. The fourth-order valence-electron chi connectivity index (χ4n) is 3.57. The fraction of sp³-hybridized carbons (Fsp3) is 1.00. The summed E-state index contributed by atoms with van der Waals surface area (Å²) in [7, 11) is 0. The Morgan fingerprint density at radius 1 is 0.375 bits per heavy atom. The van der Waals surface area contributed by atoms with E-state index in [1.807, 2.05) is 0 Å². The molecule has 0 spiro atoms. The van der Waals surface area contributed by atoms with Gasteiger partial charge in [-0.25, -0.2) is 0 Å². The zero-order valence-electron chi connectivity index (χ0n) is 12.0. The highest BCUT2D eigenvalue weighted by molar-refractivity contribution is 5.03. The van der Waals surface area contributed by atoms with E-state index in [0.717, 1.165) is 0 Å².